The second-order valence-electron chi connectivity index (χ2n) is 6.36. The Labute approximate surface area is 176 Å². The Hall–Kier alpha value is -4.21. The van der Waals surface area contributed by atoms with E-state index in [1.54, 1.807) is 12.1 Å². The monoisotopic (exact) mass is 425 g/mol. The molecule has 2 aromatic heterocycles. The van der Waals surface area contributed by atoms with E-state index in [2.05, 4.69) is 10.1 Å². The number of rotatable bonds is 7. The highest BCUT2D eigenvalue weighted by Crippen LogP contribution is 2.42. The molecule has 160 valence electrons. The first-order chi connectivity index (χ1) is 15.0. The molecule has 2 heterocycles. The van der Waals surface area contributed by atoms with Gasteiger partial charge in [0.2, 0.25) is 17.4 Å². The Kier molecular flexibility index (Phi) is 5.12. The van der Waals surface area contributed by atoms with Gasteiger partial charge in [0.15, 0.2) is 28.6 Å². The first kappa shape index (κ1) is 20.1. The van der Waals surface area contributed by atoms with Crippen molar-refractivity contribution in [3.8, 4) is 34.6 Å². The summed E-state index contributed by atoms with van der Waals surface area (Å²) in [6, 6.07) is 6.25. The Morgan fingerprint density at radius 1 is 1.00 bits per heavy atom. The Morgan fingerprint density at radius 2 is 1.68 bits per heavy atom. The number of phenolic OH excluding ortho intramolecular Hbond substituents is 1. The number of aromatic hydroxyl groups is 1. The highest BCUT2D eigenvalue weighted by molar-refractivity contribution is 6.19. The van der Waals surface area contributed by atoms with Crippen LogP contribution >= 0.6 is 0 Å². The molecule has 2 aromatic carbocycles. The normalized spacial score (nSPS) is 10.8. The van der Waals surface area contributed by atoms with Crippen LogP contribution in [0.4, 0.5) is 0 Å². The van der Waals surface area contributed by atoms with Gasteiger partial charge in [-0.2, -0.15) is 9.78 Å². The summed E-state index contributed by atoms with van der Waals surface area (Å²) >= 11 is 0. The summed E-state index contributed by atoms with van der Waals surface area (Å²) in [6.45, 7) is 0. The Balaban J connectivity index is 1.98. The van der Waals surface area contributed by atoms with Crippen molar-refractivity contribution in [2.24, 2.45) is 0 Å². The van der Waals surface area contributed by atoms with Crippen LogP contribution in [0.2, 0.25) is 0 Å². The minimum atomic E-state index is -0.409. The molecule has 4 rings (SSSR count). The van der Waals surface area contributed by atoms with Crippen LogP contribution in [0.25, 0.3) is 16.9 Å². The van der Waals surface area contributed by atoms with Crippen LogP contribution in [-0.2, 0) is 0 Å². The smallest absolute Gasteiger partial charge is 0.234 e. The van der Waals surface area contributed by atoms with Crippen LogP contribution in [-0.4, -0.2) is 54.1 Å². The highest BCUT2D eigenvalue weighted by Gasteiger charge is 2.28. The minimum absolute atomic E-state index is 0.0839. The van der Waals surface area contributed by atoms with Gasteiger partial charge in [-0.05, 0) is 24.3 Å². The number of fused-ring (bicyclic) bond motifs is 1. The van der Waals surface area contributed by atoms with E-state index >= 15 is 0 Å². The van der Waals surface area contributed by atoms with Crippen LogP contribution < -0.4 is 18.9 Å². The number of benzene rings is 2. The number of carbonyl (C=O) groups is 1. The molecule has 0 saturated heterocycles. The van der Waals surface area contributed by atoms with Crippen LogP contribution in [0.15, 0.2) is 41.3 Å². The molecular formula is C21H19N3O7. The van der Waals surface area contributed by atoms with E-state index in [0.29, 0.717) is 22.6 Å². The zero-order valence-electron chi connectivity index (χ0n) is 17.2. The molecule has 0 spiro atoms. The molecule has 0 saturated carbocycles. The Morgan fingerprint density at radius 3 is 2.23 bits per heavy atom. The average molecular weight is 425 g/mol. The molecule has 0 bridgehead atoms. The number of carbonyl (C=O) groups excluding carboxylic acids is 1. The van der Waals surface area contributed by atoms with E-state index in [4.69, 9.17) is 23.4 Å². The van der Waals surface area contributed by atoms with E-state index in [-0.39, 0.29) is 34.1 Å². The van der Waals surface area contributed by atoms with Gasteiger partial charge in [-0.25, -0.2) is 4.98 Å². The molecule has 10 heteroatoms. The number of hydrogen-bond donors (Lipinski definition) is 1. The quantitative estimate of drug-likeness (QED) is 0.446. The molecule has 31 heavy (non-hydrogen) atoms. The average Bonchev–Trinajstić information content (AvgIpc) is 3.46. The lowest BCUT2D eigenvalue weighted by molar-refractivity contribution is 0.103. The first-order valence-corrected chi connectivity index (χ1v) is 9.06. The molecule has 0 aliphatic carbocycles. The molecule has 0 aliphatic rings. The summed E-state index contributed by atoms with van der Waals surface area (Å²) < 4.78 is 28.3. The molecule has 1 N–H and O–H groups in total. The molecule has 0 atom stereocenters. The van der Waals surface area contributed by atoms with Crippen molar-refractivity contribution in [3.05, 3.63) is 48.0 Å². The van der Waals surface area contributed by atoms with Crippen LogP contribution in [0.3, 0.4) is 0 Å². The van der Waals surface area contributed by atoms with Crippen molar-refractivity contribution >= 4 is 16.8 Å². The van der Waals surface area contributed by atoms with E-state index in [9.17, 15) is 9.90 Å². The standard InChI is InChI=1S/C21H19N3O7/c1-27-13-6-5-12-16(21(24-10-22-9-23-24)31-19(12)18(13)26)17(25)11-7-14(28-2)20(30-4)15(8-11)29-3/h5-10,26H,1-4H3. The van der Waals surface area contributed by atoms with Crippen molar-refractivity contribution < 1.29 is 33.3 Å². The van der Waals surface area contributed by atoms with Gasteiger partial charge in [-0.1, -0.05) is 0 Å². The van der Waals surface area contributed by atoms with Crippen molar-refractivity contribution in [1.29, 1.82) is 0 Å². The number of methoxy groups -OCH3 is 4. The Bertz CT molecular complexity index is 1240. The fourth-order valence-electron chi connectivity index (χ4n) is 3.33. The lowest BCUT2D eigenvalue weighted by Crippen LogP contribution is -2.07. The summed E-state index contributed by atoms with van der Waals surface area (Å²) in [5, 5.41) is 15.0. The van der Waals surface area contributed by atoms with Crippen molar-refractivity contribution in [3.63, 3.8) is 0 Å². The van der Waals surface area contributed by atoms with Crippen molar-refractivity contribution in [1.82, 2.24) is 14.8 Å². The second kappa shape index (κ2) is 7.90. The van der Waals surface area contributed by atoms with Gasteiger partial charge in [-0.15, -0.1) is 0 Å². The maximum absolute atomic E-state index is 13.7. The third-order valence-corrected chi connectivity index (χ3v) is 4.78. The van der Waals surface area contributed by atoms with Crippen LogP contribution in [0, 0.1) is 0 Å². The minimum Gasteiger partial charge on any atom is -0.502 e. The summed E-state index contributed by atoms with van der Waals surface area (Å²) in [6.07, 6.45) is 2.69. The number of ether oxygens (including phenoxy) is 4. The van der Waals surface area contributed by atoms with E-state index < -0.39 is 5.78 Å². The van der Waals surface area contributed by atoms with Gasteiger partial charge < -0.3 is 28.5 Å². The molecule has 10 nitrogen and oxygen atoms in total. The molecule has 0 radical (unpaired) electrons. The topological polar surface area (TPSA) is 118 Å². The fraction of sp³-hybridized carbons (Fsp3) is 0.190. The molecule has 0 unspecified atom stereocenters. The first-order valence-electron chi connectivity index (χ1n) is 9.06. The zero-order chi connectivity index (χ0) is 22.1. The zero-order valence-corrected chi connectivity index (χ0v) is 17.2. The third-order valence-electron chi connectivity index (χ3n) is 4.78. The van der Waals surface area contributed by atoms with E-state index in [1.807, 2.05) is 0 Å². The maximum Gasteiger partial charge on any atom is 0.234 e. The number of furan rings is 1. The molecule has 0 fully saturated rings. The predicted octanol–water partition coefficient (Wildman–Crippen LogP) is 2.98. The fourth-order valence-corrected chi connectivity index (χ4v) is 3.33. The van der Waals surface area contributed by atoms with Gasteiger partial charge in [0.25, 0.3) is 0 Å². The predicted molar refractivity (Wildman–Crippen MR) is 109 cm³/mol. The summed E-state index contributed by atoms with van der Waals surface area (Å²) in [5.74, 6) is 0.665. The molecule has 4 aromatic rings. The summed E-state index contributed by atoms with van der Waals surface area (Å²) in [7, 11) is 5.82. The number of aromatic nitrogens is 3. The van der Waals surface area contributed by atoms with Crippen molar-refractivity contribution in [2.75, 3.05) is 28.4 Å². The number of hydrogen-bond acceptors (Lipinski definition) is 9. The lowest BCUT2D eigenvalue weighted by Gasteiger charge is -2.13. The second-order valence-corrected chi connectivity index (χ2v) is 6.36. The van der Waals surface area contributed by atoms with Gasteiger partial charge in [0.05, 0.1) is 34.0 Å². The maximum atomic E-state index is 13.7. The van der Waals surface area contributed by atoms with Gasteiger partial charge in [-0.3, -0.25) is 4.79 Å². The third kappa shape index (κ3) is 3.18. The molecule has 0 aliphatic heterocycles. The van der Waals surface area contributed by atoms with Crippen molar-refractivity contribution in [2.45, 2.75) is 0 Å². The SMILES string of the molecule is COc1cc(C(=O)c2c(-n3cncn3)oc3c(O)c(OC)ccc23)cc(OC)c1OC. The van der Waals surface area contributed by atoms with Gasteiger partial charge in [0.1, 0.15) is 12.7 Å². The van der Waals surface area contributed by atoms with E-state index in [0.717, 1.165) is 0 Å². The highest BCUT2D eigenvalue weighted by atomic mass is 16.5. The van der Waals surface area contributed by atoms with Gasteiger partial charge in [0, 0.05) is 10.9 Å². The van der Waals surface area contributed by atoms with Crippen LogP contribution in [0.5, 0.6) is 28.7 Å². The number of ketones is 1. The van der Waals surface area contributed by atoms with E-state index in [1.165, 1.54) is 57.9 Å². The number of phenols is 1. The van der Waals surface area contributed by atoms with Gasteiger partial charge >= 0.3 is 0 Å². The number of nitrogens with zero attached hydrogens (tertiary/aromatic N) is 3. The summed E-state index contributed by atoms with van der Waals surface area (Å²) in [4.78, 5) is 17.6. The van der Waals surface area contributed by atoms with Crippen LogP contribution in [0.1, 0.15) is 15.9 Å². The lowest BCUT2D eigenvalue weighted by atomic mass is 10.0. The molecule has 0 amide bonds. The summed E-state index contributed by atoms with van der Waals surface area (Å²) in [5.41, 5.74) is 0.516. The largest absolute Gasteiger partial charge is 0.502 e. The molecular weight excluding hydrogens is 406 g/mol.